The SMILES string of the molecule is CCn1cnc2c(Nc3ccc(S(=O)(=O)N4CCCCC4)cc3)nc(NC3CCCCC3C(=O)O)nc21. The molecule has 1 saturated carbocycles. The maximum absolute atomic E-state index is 13.0. The molecule has 3 aromatic rings. The molecule has 0 amide bonds. The largest absolute Gasteiger partial charge is 0.481 e. The molecular weight excluding hydrogens is 494 g/mol. The van der Waals surface area contributed by atoms with Crippen LogP contribution in [0.2, 0.25) is 0 Å². The average molecular weight is 528 g/mol. The second kappa shape index (κ2) is 10.6. The predicted octanol–water partition coefficient (Wildman–Crippen LogP) is 3.82. The number of hydrogen-bond acceptors (Lipinski definition) is 8. The summed E-state index contributed by atoms with van der Waals surface area (Å²) in [6.07, 6.45) is 7.74. The monoisotopic (exact) mass is 527 g/mol. The van der Waals surface area contributed by atoms with Crippen molar-refractivity contribution >= 4 is 44.6 Å². The van der Waals surface area contributed by atoms with Crippen molar-refractivity contribution in [3.8, 4) is 0 Å². The molecule has 12 heteroatoms. The highest BCUT2D eigenvalue weighted by Crippen LogP contribution is 2.30. The number of benzene rings is 1. The predicted molar refractivity (Wildman–Crippen MR) is 140 cm³/mol. The van der Waals surface area contributed by atoms with Crippen molar-refractivity contribution in [1.29, 1.82) is 0 Å². The Balaban J connectivity index is 1.42. The van der Waals surface area contributed by atoms with E-state index in [9.17, 15) is 18.3 Å². The first-order valence-corrected chi connectivity index (χ1v) is 14.4. The van der Waals surface area contributed by atoms with Gasteiger partial charge in [0.25, 0.3) is 0 Å². The molecule has 2 aromatic heterocycles. The smallest absolute Gasteiger partial charge is 0.308 e. The van der Waals surface area contributed by atoms with Gasteiger partial charge in [0.2, 0.25) is 16.0 Å². The van der Waals surface area contributed by atoms with Gasteiger partial charge in [-0.15, -0.1) is 0 Å². The highest BCUT2D eigenvalue weighted by Gasteiger charge is 2.31. The molecule has 5 rings (SSSR count). The van der Waals surface area contributed by atoms with Gasteiger partial charge in [-0.2, -0.15) is 14.3 Å². The van der Waals surface area contributed by atoms with Crippen LogP contribution < -0.4 is 10.6 Å². The molecule has 1 saturated heterocycles. The van der Waals surface area contributed by atoms with Crippen LogP contribution >= 0.6 is 0 Å². The van der Waals surface area contributed by atoms with Crippen molar-refractivity contribution in [1.82, 2.24) is 23.8 Å². The van der Waals surface area contributed by atoms with Crippen LogP contribution in [-0.2, 0) is 21.4 Å². The molecule has 2 fully saturated rings. The maximum atomic E-state index is 13.0. The van der Waals surface area contributed by atoms with E-state index in [2.05, 4.69) is 25.6 Å². The molecule has 0 bridgehead atoms. The minimum Gasteiger partial charge on any atom is -0.481 e. The van der Waals surface area contributed by atoms with E-state index in [0.29, 0.717) is 54.7 Å². The number of aromatic nitrogens is 4. The fourth-order valence-electron chi connectivity index (χ4n) is 5.19. The molecule has 198 valence electrons. The van der Waals surface area contributed by atoms with E-state index in [1.165, 1.54) is 0 Å². The summed E-state index contributed by atoms with van der Waals surface area (Å²) < 4.78 is 29.4. The van der Waals surface area contributed by atoms with Crippen molar-refractivity contribution in [2.45, 2.75) is 69.4 Å². The van der Waals surface area contributed by atoms with Gasteiger partial charge in [-0.25, -0.2) is 13.4 Å². The number of fused-ring (bicyclic) bond motifs is 1. The van der Waals surface area contributed by atoms with E-state index in [0.717, 1.165) is 38.5 Å². The second-order valence-corrected chi connectivity index (χ2v) is 11.6. The Morgan fingerprint density at radius 2 is 1.78 bits per heavy atom. The summed E-state index contributed by atoms with van der Waals surface area (Å²) in [6.45, 7) is 3.77. The van der Waals surface area contributed by atoms with Gasteiger partial charge >= 0.3 is 5.97 Å². The average Bonchev–Trinajstić information content (AvgIpc) is 3.33. The van der Waals surface area contributed by atoms with Crippen LogP contribution in [0.3, 0.4) is 0 Å². The fourth-order valence-corrected chi connectivity index (χ4v) is 6.71. The second-order valence-electron chi connectivity index (χ2n) is 9.69. The van der Waals surface area contributed by atoms with E-state index in [-0.39, 0.29) is 10.9 Å². The van der Waals surface area contributed by atoms with Gasteiger partial charge in [-0.05, 0) is 56.9 Å². The number of imidazole rings is 1. The summed E-state index contributed by atoms with van der Waals surface area (Å²) in [7, 11) is -3.52. The molecule has 1 aliphatic carbocycles. The molecular formula is C25H33N7O4S. The van der Waals surface area contributed by atoms with E-state index >= 15 is 0 Å². The lowest BCUT2D eigenvalue weighted by Gasteiger charge is -2.29. The van der Waals surface area contributed by atoms with Crippen LogP contribution in [0.25, 0.3) is 11.2 Å². The third-order valence-electron chi connectivity index (χ3n) is 7.27. The molecule has 0 spiro atoms. The number of aliphatic carboxylic acids is 1. The number of carboxylic acid groups (broad SMARTS) is 1. The van der Waals surface area contributed by atoms with Gasteiger partial charge in [-0.3, -0.25) is 4.79 Å². The molecule has 2 unspecified atom stereocenters. The maximum Gasteiger partial charge on any atom is 0.308 e. The van der Waals surface area contributed by atoms with E-state index < -0.39 is 21.9 Å². The van der Waals surface area contributed by atoms with Gasteiger partial charge in [0.15, 0.2) is 17.0 Å². The van der Waals surface area contributed by atoms with Crippen LogP contribution in [0.15, 0.2) is 35.5 Å². The van der Waals surface area contributed by atoms with Gasteiger partial charge < -0.3 is 20.3 Å². The Morgan fingerprint density at radius 1 is 1.05 bits per heavy atom. The highest BCUT2D eigenvalue weighted by molar-refractivity contribution is 7.89. The Morgan fingerprint density at radius 3 is 2.49 bits per heavy atom. The quantitative estimate of drug-likeness (QED) is 0.398. The number of hydrogen-bond donors (Lipinski definition) is 3. The summed E-state index contributed by atoms with van der Waals surface area (Å²) in [6, 6.07) is 6.39. The lowest BCUT2D eigenvalue weighted by Crippen LogP contribution is -2.37. The first-order valence-electron chi connectivity index (χ1n) is 13.0. The molecule has 1 aliphatic heterocycles. The van der Waals surface area contributed by atoms with Crippen LogP contribution in [0.4, 0.5) is 17.5 Å². The third kappa shape index (κ3) is 5.26. The first-order chi connectivity index (χ1) is 17.9. The van der Waals surface area contributed by atoms with Crippen LogP contribution in [0.1, 0.15) is 51.9 Å². The zero-order valence-corrected chi connectivity index (χ0v) is 21.7. The summed E-state index contributed by atoms with van der Waals surface area (Å²) >= 11 is 0. The number of aryl methyl sites for hydroxylation is 1. The number of carbonyl (C=O) groups is 1. The zero-order valence-electron chi connectivity index (χ0n) is 20.9. The lowest BCUT2D eigenvalue weighted by atomic mass is 9.84. The molecule has 3 heterocycles. The fraction of sp³-hybridized carbons (Fsp3) is 0.520. The highest BCUT2D eigenvalue weighted by atomic mass is 32.2. The molecule has 37 heavy (non-hydrogen) atoms. The van der Waals surface area contributed by atoms with Crippen molar-refractivity contribution in [2.75, 3.05) is 23.7 Å². The molecule has 0 radical (unpaired) electrons. The van der Waals surface area contributed by atoms with Gasteiger partial charge in [0.05, 0.1) is 17.1 Å². The van der Waals surface area contributed by atoms with Crippen LogP contribution in [-0.4, -0.2) is 62.4 Å². The van der Waals surface area contributed by atoms with Crippen LogP contribution in [0.5, 0.6) is 0 Å². The molecule has 2 aliphatic rings. The number of carboxylic acids is 1. The summed E-state index contributed by atoms with van der Waals surface area (Å²) in [5.41, 5.74) is 1.88. The standard InChI is InChI=1S/C25H33N7O4S/c1-2-31-16-26-21-22(29-25(30-23(21)31)28-20-9-5-4-8-19(20)24(33)34)27-17-10-12-18(13-11-17)37(35,36)32-14-6-3-7-15-32/h10-13,16,19-20H,2-9,14-15H2,1H3,(H,33,34)(H2,27,28,29,30). The van der Waals surface area contributed by atoms with Crippen molar-refractivity contribution in [2.24, 2.45) is 5.92 Å². The number of anilines is 3. The van der Waals surface area contributed by atoms with E-state index in [1.807, 2.05) is 11.5 Å². The molecule has 11 nitrogen and oxygen atoms in total. The van der Waals surface area contributed by atoms with Gasteiger partial charge in [-0.1, -0.05) is 19.3 Å². The Bertz CT molecular complexity index is 1370. The number of nitrogens with one attached hydrogen (secondary N) is 2. The summed E-state index contributed by atoms with van der Waals surface area (Å²) in [5.74, 6) is -0.494. The number of sulfonamides is 1. The Hall–Kier alpha value is -3.25. The topological polar surface area (TPSA) is 142 Å². The third-order valence-corrected chi connectivity index (χ3v) is 9.18. The van der Waals surface area contributed by atoms with E-state index in [4.69, 9.17) is 0 Å². The van der Waals surface area contributed by atoms with Crippen molar-refractivity contribution in [3.05, 3.63) is 30.6 Å². The van der Waals surface area contributed by atoms with Gasteiger partial charge in [0.1, 0.15) is 0 Å². The number of piperidine rings is 1. The van der Waals surface area contributed by atoms with Gasteiger partial charge in [0, 0.05) is 31.4 Å². The first kappa shape index (κ1) is 25.4. The summed E-state index contributed by atoms with van der Waals surface area (Å²) in [5, 5.41) is 16.2. The Kier molecular flexibility index (Phi) is 7.29. The minimum atomic E-state index is -3.52. The number of rotatable bonds is 8. The molecule has 2 atom stereocenters. The van der Waals surface area contributed by atoms with E-state index in [1.54, 1.807) is 34.9 Å². The zero-order chi connectivity index (χ0) is 26.0. The normalized spacial score (nSPS) is 21.1. The summed E-state index contributed by atoms with van der Waals surface area (Å²) in [4.78, 5) is 25.8. The molecule has 1 aromatic carbocycles. The number of nitrogens with zero attached hydrogens (tertiary/aromatic N) is 5. The minimum absolute atomic E-state index is 0.256. The lowest BCUT2D eigenvalue weighted by molar-refractivity contribution is -0.143. The molecule has 3 N–H and O–H groups in total. The van der Waals surface area contributed by atoms with Crippen molar-refractivity contribution in [3.63, 3.8) is 0 Å². The van der Waals surface area contributed by atoms with Crippen molar-refractivity contribution < 1.29 is 18.3 Å². The van der Waals surface area contributed by atoms with Crippen LogP contribution in [0, 0.1) is 5.92 Å². The Labute approximate surface area is 216 Å².